The zero-order chi connectivity index (χ0) is 27.8. The van der Waals surface area contributed by atoms with Crippen molar-refractivity contribution in [2.75, 3.05) is 0 Å². The fourth-order valence-electron chi connectivity index (χ4n) is 8.01. The van der Waals surface area contributed by atoms with Gasteiger partial charge < -0.3 is 14.0 Å². The van der Waals surface area contributed by atoms with Gasteiger partial charge in [-0.15, -0.1) is 0 Å². The molecule has 4 aromatic heterocycles. The highest BCUT2D eigenvalue weighted by molar-refractivity contribution is 6.35. The minimum atomic E-state index is 1.17. The molecule has 11 aromatic rings. The molecule has 0 saturated carbocycles. The van der Waals surface area contributed by atoms with Crippen LogP contribution in [0.5, 0.6) is 0 Å². The Kier molecular flexibility index (Phi) is 3.83. The van der Waals surface area contributed by atoms with Crippen LogP contribution in [0.4, 0.5) is 0 Å². The SMILES string of the molecule is c1ccc(-n2c3ccccc3c3cc4c5c([nH]c6cccc(c7cccc8c9cc%10ccccc%10cc9n4c78)c65)c32)cc1. The van der Waals surface area contributed by atoms with Crippen LogP contribution in [0.15, 0.2) is 133 Å². The Morgan fingerprint density at radius 3 is 2.00 bits per heavy atom. The number of nitrogens with one attached hydrogen (secondary N) is 1. The molecule has 0 aliphatic rings. The second-order valence-corrected chi connectivity index (χ2v) is 11.8. The van der Waals surface area contributed by atoms with Crippen molar-refractivity contribution in [3.63, 3.8) is 0 Å². The number of fused-ring (bicyclic) bond motifs is 10. The van der Waals surface area contributed by atoms with Gasteiger partial charge in [-0.05, 0) is 58.6 Å². The maximum atomic E-state index is 3.94. The van der Waals surface area contributed by atoms with Crippen molar-refractivity contribution < 1.29 is 0 Å². The van der Waals surface area contributed by atoms with E-state index >= 15 is 0 Å². The number of hydrogen-bond donors (Lipinski definition) is 1. The predicted molar refractivity (Wildman–Crippen MR) is 182 cm³/mol. The molecule has 198 valence electrons. The standard InChI is InChI=1S/C40H23N3/c1-2-12-25(13-3-1)42-33-19-7-6-14-26(33)31-22-35-37-36-27(15-9-18-32(36)41-38(37)40(31)42)28-16-8-17-29-30-20-23-10-4-5-11-24(23)21-34(30)43(35)39(28)29/h1-22,41H. The smallest absolute Gasteiger partial charge is 0.0784 e. The number of aromatic amines is 1. The summed E-state index contributed by atoms with van der Waals surface area (Å²) < 4.78 is 4.99. The zero-order valence-corrected chi connectivity index (χ0v) is 23.1. The fraction of sp³-hybridized carbons (Fsp3) is 0. The van der Waals surface area contributed by atoms with Gasteiger partial charge in [-0.25, -0.2) is 0 Å². The number of para-hydroxylation sites is 3. The summed E-state index contributed by atoms with van der Waals surface area (Å²) in [5, 5.41) is 12.8. The first-order chi connectivity index (χ1) is 21.3. The van der Waals surface area contributed by atoms with Crippen LogP contribution in [0.1, 0.15) is 0 Å². The molecule has 0 unspecified atom stereocenters. The first-order valence-corrected chi connectivity index (χ1v) is 14.9. The van der Waals surface area contributed by atoms with Crippen molar-refractivity contribution in [3.05, 3.63) is 133 Å². The molecule has 1 N–H and O–H groups in total. The summed E-state index contributed by atoms with van der Waals surface area (Å²) in [5.74, 6) is 0. The van der Waals surface area contributed by atoms with Crippen molar-refractivity contribution in [2.24, 2.45) is 0 Å². The lowest BCUT2D eigenvalue weighted by Gasteiger charge is -2.09. The minimum absolute atomic E-state index is 1.17. The van der Waals surface area contributed by atoms with Crippen molar-refractivity contribution >= 4 is 92.5 Å². The molecule has 3 nitrogen and oxygen atoms in total. The summed E-state index contributed by atoms with van der Waals surface area (Å²) in [4.78, 5) is 3.94. The van der Waals surface area contributed by atoms with Crippen LogP contribution in [-0.2, 0) is 0 Å². The number of benzene rings is 7. The molecule has 43 heavy (non-hydrogen) atoms. The lowest BCUT2D eigenvalue weighted by atomic mass is 10.0. The van der Waals surface area contributed by atoms with E-state index in [0.29, 0.717) is 0 Å². The van der Waals surface area contributed by atoms with Crippen LogP contribution in [0.2, 0.25) is 0 Å². The molecule has 0 spiro atoms. The largest absolute Gasteiger partial charge is 0.353 e. The van der Waals surface area contributed by atoms with Gasteiger partial charge in [-0.1, -0.05) is 91.0 Å². The summed E-state index contributed by atoms with van der Waals surface area (Å²) >= 11 is 0. The highest BCUT2D eigenvalue weighted by Gasteiger charge is 2.24. The maximum absolute atomic E-state index is 3.94. The molecule has 0 atom stereocenters. The summed E-state index contributed by atoms with van der Waals surface area (Å²) in [7, 11) is 0. The average Bonchev–Trinajstić information content (AvgIpc) is 3.68. The first-order valence-electron chi connectivity index (χ1n) is 14.9. The Morgan fingerprint density at radius 1 is 0.419 bits per heavy atom. The lowest BCUT2D eigenvalue weighted by Crippen LogP contribution is -1.94. The zero-order valence-electron chi connectivity index (χ0n) is 23.1. The van der Waals surface area contributed by atoms with Crippen LogP contribution in [0.25, 0.3) is 98.2 Å². The normalized spacial score (nSPS) is 12.7. The molecular formula is C40H23N3. The van der Waals surface area contributed by atoms with E-state index in [2.05, 4.69) is 147 Å². The number of nitrogens with zero attached hydrogens (tertiary/aromatic N) is 2. The van der Waals surface area contributed by atoms with Gasteiger partial charge in [0.05, 0.1) is 33.1 Å². The van der Waals surface area contributed by atoms with Gasteiger partial charge >= 0.3 is 0 Å². The molecule has 0 aliphatic heterocycles. The first kappa shape index (κ1) is 21.9. The number of H-pyrrole nitrogens is 1. The van der Waals surface area contributed by atoms with Crippen LogP contribution in [-0.4, -0.2) is 14.0 Å². The van der Waals surface area contributed by atoms with Gasteiger partial charge in [0.15, 0.2) is 0 Å². The Balaban J connectivity index is 1.52. The molecule has 3 heteroatoms. The highest BCUT2D eigenvalue weighted by Crippen LogP contribution is 2.46. The second-order valence-electron chi connectivity index (χ2n) is 11.8. The summed E-state index contributed by atoms with van der Waals surface area (Å²) in [5.41, 5.74) is 9.71. The Hall–Kier alpha value is -5.80. The number of rotatable bonds is 1. The van der Waals surface area contributed by atoms with E-state index < -0.39 is 0 Å². The maximum Gasteiger partial charge on any atom is 0.0784 e. The predicted octanol–water partition coefficient (Wildman–Crippen LogP) is 10.7. The molecule has 0 saturated heterocycles. The van der Waals surface area contributed by atoms with Crippen LogP contribution >= 0.6 is 0 Å². The Labute approximate surface area is 245 Å². The molecule has 0 amide bonds. The quantitative estimate of drug-likeness (QED) is 0.212. The summed E-state index contributed by atoms with van der Waals surface area (Å²) in [6.45, 7) is 0. The molecule has 0 bridgehead atoms. The Morgan fingerprint density at radius 2 is 1.12 bits per heavy atom. The Bertz CT molecular complexity index is 2930. The van der Waals surface area contributed by atoms with Gasteiger partial charge in [0.25, 0.3) is 0 Å². The second kappa shape index (κ2) is 7.53. The fourth-order valence-corrected chi connectivity index (χ4v) is 8.01. The average molecular weight is 546 g/mol. The molecule has 11 rings (SSSR count). The van der Waals surface area contributed by atoms with E-state index in [1.807, 2.05) is 0 Å². The topological polar surface area (TPSA) is 25.1 Å². The lowest BCUT2D eigenvalue weighted by molar-refractivity contribution is 1.18. The molecule has 0 fully saturated rings. The van der Waals surface area contributed by atoms with Gasteiger partial charge in [-0.3, -0.25) is 0 Å². The van der Waals surface area contributed by atoms with Crippen molar-refractivity contribution in [2.45, 2.75) is 0 Å². The van der Waals surface area contributed by atoms with Crippen molar-refractivity contribution in [1.82, 2.24) is 14.0 Å². The van der Waals surface area contributed by atoms with Gasteiger partial charge in [0.2, 0.25) is 0 Å². The van der Waals surface area contributed by atoms with E-state index in [9.17, 15) is 0 Å². The summed E-state index contributed by atoms with van der Waals surface area (Å²) in [6, 6.07) is 49.1. The van der Waals surface area contributed by atoms with Crippen LogP contribution < -0.4 is 0 Å². The van der Waals surface area contributed by atoms with Crippen LogP contribution in [0.3, 0.4) is 0 Å². The van der Waals surface area contributed by atoms with Gasteiger partial charge in [0, 0.05) is 48.9 Å². The third-order valence-electron chi connectivity index (χ3n) is 9.71. The third kappa shape index (κ3) is 2.58. The molecule has 4 heterocycles. The number of aromatic nitrogens is 3. The molecular weight excluding hydrogens is 522 g/mol. The monoisotopic (exact) mass is 545 g/mol. The molecule has 0 aliphatic carbocycles. The molecule has 7 aromatic carbocycles. The highest BCUT2D eigenvalue weighted by atomic mass is 15.0. The minimum Gasteiger partial charge on any atom is -0.353 e. The van der Waals surface area contributed by atoms with Crippen LogP contribution in [0, 0.1) is 0 Å². The molecule has 0 radical (unpaired) electrons. The third-order valence-corrected chi connectivity index (χ3v) is 9.71. The van der Waals surface area contributed by atoms with E-state index in [4.69, 9.17) is 0 Å². The van der Waals surface area contributed by atoms with Gasteiger partial charge in [-0.2, -0.15) is 0 Å². The van der Waals surface area contributed by atoms with Crippen molar-refractivity contribution in [3.8, 4) is 5.69 Å². The summed E-state index contributed by atoms with van der Waals surface area (Å²) in [6.07, 6.45) is 0. The van der Waals surface area contributed by atoms with E-state index in [1.54, 1.807) is 0 Å². The van der Waals surface area contributed by atoms with E-state index in [1.165, 1.54) is 98.2 Å². The van der Waals surface area contributed by atoms with Crippen molar-refractivity contribution in [1.29, 1.82) is 0 Å². The van der Waals surface area contributed by atoms with Gasteiger partial charge in [0.1, 0.15) is 0 Å². The van der Waals surface area contributed by atoms with E-state index in [0.717, 1.165) is 0 Å². The number of hydrogen-bond acceptors (Lipinski definition) is 0. The van der Waals surface area contributed by atoms with E-state index in [-0.39, 0.29) is 0 Å².